The van der Waals surface area contributed by atoms with Gasteiger partial charge in [0.15, 0.2) is 0 Å². The van der Waals surface area contributed by atoms with Crippen LogP contribution in [0.25, 0.3) is 0 Å². The standard InChI is InChI=1S/C18H24ClN5O5S/c1-10-11(9-20-23(10)2)13-7-15(24(3)30(26,27)22-13)18(25)21-14-8-16(28-4)12(19)6-17(14)29-5/h6,8-9,13,15,22H,7H2,1-5H3,(H,21,25). The van der Waals surface area contributed by atoms with Gasteiger partial charge < -0.3 is 14.8 Å². The molecule has 12 heteroatoms. The number of nitrogens with one attached hydrogen (secondary N) is 2. The van der Waals surface area contributed by atoms with Crippen LogP contribution < -0.4 is 19.5 Å². The van der Waals surface area contributed by atoms with Gasteiger partial charge in [-0.15, -0.1) is 0 Å². The molecule has 0 radical (unpaired) electrons. The van der Waals surface area contributed by atoms with E-state index in [0.29, 0.717) is 22.2 Å². The zero-order chi connectivity index (χ0) is 22.2. The molecule has 2 unspecified atom stereocenters. The molecule has 10 nitrogen and oxygen atoms in total. The van der Waals surface area contributed by atoms with Gasteiger partial charge in [0.2, 0.25) is 5.91 Å². The van der Waals surface area contributed by atoms with Gasteiger partial charge in [-0.1, -0.05) is 11.6 Å². The molecule has 2 heterocycles. The number of aromatic nitrogens is 2. The minimum atomic E-state index is -3.88. The smallest absolute Gasteiger partial charge is 0.280 e. The van der Waals surface area contributed by atoms with Gasteiger partial charge in [0, 0.05) is 37.5 Å². The van der Waals surface area contributed by atoms with Crippen molar-refractivity contribution in [2.24, 2.45) is 7.05 Å². The van der Waals surface area contributed by atoms with Crippen LogP contribution in [0.1, 0.15) is 23.7 Å². The Bertz CT molecular complexity index is 1070. The fourth-order valence-corrected chi connectivity index (χ4v) is 4.84. The molecule has 0 aliphatic carbocycles. The normalized spacial score (nSPS) is 21.3. The predicted molar refractivity (Wildman–Crippen MR) is 112 cm³/mol. The summed E-state index contributed by atoms with van der Waals surface area (Å²) in [5.41, 5.74) is 1.86. The lowest BCUT2D eigenvalue weighted by Gasteiger charge is -2.36. The van der Waals surface area contributed by atoms with Crippen molar-refractivity contribution in [1.29, 1.82) is 0 Å². The Morgan fingerprint density at radius 1 is 1.27 bits per heavy atom. The topological polar surface area (TPSA) is 115 Å². The Kier molecular flexibility index (Phi) is 6.27. The molecule has 164 valence electrons. The Morgan fingerprint density at radius 2 is 1.93 bits per heavy atom. The van der Waals surface area contributed by atoms with Crippen LogP contribution in [0, 0.1) is 6.92 Å². The summed E-state index contributed by atoms with van der Waals surface area (Å²) in [7, 11) is 2.14. The number of nitrogens with zero attached hydrogens (tertiary/aromatic N) is 3. The molecule has 1 aromatic carbocycles. The maximum atomic E-state index is 13.1. The highest BCUT2D eigenvalue weighted by atomic mass is 35.5. The third kappa shape index (κ3) is 4.10. The van der Waals surface area contributed by atoms with Gasteiger partial charge in [-0.25, -0.2) is 0 Å². The quantitative estimate of drug-likeness (QED) is 0.705. The Morgan fingerprint density at radius 3 is 2.50 bits per heavy atom. The third-order valence-electron chi connectivity index (χ3n) is 5.25. The third-order valence-corrected chi connectivity index (χ3v) is 7.14. The highest BCUT2D eigenvalue weighted by molar-refractivity contribution is 7.87. The van der Waals surface area contributed by atoms with Crippen LogP contribution in [0.2, 0.25) is 5.02 Å². The van der Waals surface area contributed by atoms with Gasteiger partial charge in [0.25, 0.3) is 10.2 Å². The molecule has 1 aromatic heterocycles. The summed E-state index contributed by atoms with van der Waals surface area (Å²) in [5, 5.41) is 7.23. The van der Waals surface area contributed by atoms with E-state index < -0.39 is 28.2 Å². The van der Waals surface area contributed by atoms with Gasteiger partial charge in [-0.3, -0.25) is 9.48 Å². The van der Waals surface area contributed by atoms with Crippen LogP contribution in [0.4, 0.5) is 5.69 Å². The number of carbonyl (C=O) groups is 1. The van der Waals surface area contributed by atoms with Crippen molar-refractivity contribution in [3.8, 4) is 11.5 Å². The van der Waals surface area contributed by atoms with Crippen LogP contribution in [0.5, 0.6) is 11.5 Å². The van der Waals surface area contributed by atoms with Gasteiger partial charge in [0.05, 0.1) is 37.2 Å². The molecule has 1 aliphatic heterocycles. The Balaban J connectivity index is 1.91. The highest BCUT2D eigenvalue weighted by Gasteiger charge is 2.41. The van der Waals surface area contributed by atoms with Gasteiger partial charge >= 0.3 is 0 Å². The van der Waals surface area contributed by atoms with Crippen molar-refractivity contribution >= 4 is 33.4 Å². The SMILES string of the molecule is COc1cc(NC(=O)C2CC(c3cnn(C)c3C)NS(=O)(=O)N2C)c(OC)cc1Cl. The summed E-state index contributed by atoms with van der Waals surface area (Å²) >= 11 is 6.11. The lowest BCUT2D eigenvalue weighted by molar-refractivity contribution is -0.120. The maximum Gasteiger partial charge on any atom is 0.280 e. The summed E-state index contributed by atoms with van der Waals surface area (Å²) in [6.45, 7) is 1.84. The fraction of sp³-hybridized carbons (Fsp3) is 0.444. The van der Waals surface area contributed by atoms with Gasteiger partial charge in [0.1, 0.15) is 17.5 Å². The van der Waals surface area contributed by atoms with Crippen molar-refractivity contribution in [3.63, 3.8) is 0 Å². The molecule has 1 fully saturated rings. The zero-order valence-electron chi connectivity index (χ0n) is 17.3. The first-order valence-corrected chi connectivity index (χ1v) is 10.9. The average Bonchev–Trinajstić information content (AvgIpc) is 3.03. The lowest BCUT2D eigenvalue weighted by Crippen LogP contribution is -2.56. The molecule has 30 heavy (non-hydrogen) atoms. The number of benzene rings is 1. The summed E-state index contributed by atoms with van der Waals surface area (Å²) in [4.78, 5) is 13.1. The summed E-state index contributed by atoms with van der Waals surface area (Å²) in [5.74, 6) is 0.174. The molecular formula is C18H24ClN5O5S. The molecule has 2 atom stereocenters. The van der Waals surface area contributed by atoms with Crippen LogP contribution >= 0.6 is 11.6 Å². The van der Waals surface area contributed by atoms with Crippen molar-refractivity contribution in [3.05, 3.63) is 34.6 Å². The number of aryl methyl sites for hydroxylation is 1. The first kappa shape index (κ1) is 22.3. The molecule has 2 aromatic rings. The van der Waals surface area contributed by atoms with Crippen molar-refractivity contribution in [2.45, 2.75) is 25.4 Å². The zero-order valence-corrected chi connectivity index (χ0v) is 18.8. The second-order valence-electron chi connectivity index (χ2n) is 6.93. The number of anilines is 1. The van der Waals surface area contributed by atoms with Crippen LogP contribution in [-0.2, 0) is 22.1 Å². The van der Waals surface area contributed by atoms with Crippen molar-refractivity contribution < 1.29 is 22.7 Å². The number of likely N-dealkylation sites (N-methyl/N-ethyl adjacent to an activating group) is 1. The number of rotatable bonds is 5. The second kappa shape index (κ2) is 8.42. The van der Waals surface area contributed by atoms with Crippen LogP contribution in [-0.4, -0.2) is 55.7 Å². The van der Waals surface area contributed by atoms with E-state index in [1.165, 1.54) is 33.4 Å². The van der Waals surface area contributed by atoms with E-state index in [1.54, 1.807) is 17.9 Å². The number of methoxy groups -OCH3 is 2. The van der Waals surface area contributed by atoms with E-state index in [4.69, 9.17) is 21.1 Å². The number of halogens is 1. The molecule has 1 amide bonds. The van der Waals surface area contributed by atoms with Crippen LogP contribution in [0.15, 0.2) is 18.3 Å². The first-order chi connectivity index (χ1) is 14.1. The molecule has 0 saturated carbocycles. The minimum absolute atomic E-state index is 0.223. The van der Waals surface area contributed by atoms with E-state index >= 15 is 0 Å². The molecule has 0 bridgehead atoms. The van der Waals surface area contributed by atoms with Crippen molar-refractivity contribution in [2.75, 3.05) is 26.6 Å². The lowest BCUT2D eigenvalue weighted by atomic mass is 10.00. The summed E-state index contributed by atoms with van der Waals surface area (Å²) in [6.07, 6.45) is 1.83. The molecular weight excluding hydrogens is 434 g/mol. The number of hydrogen-bond donors (Lipinski definition) is 2. The molecule has 2 N–H and O–H groups in total. The summed E-state index contributed by atoms with van der Waals surface area (Å²) in [6, 6.07) is 1.50. The first-order valence-electron chi connectivity index (χ1n) is 9.05. The van der Waals surface area contributed by atoms with Gasteiger partial charge in [-0.05, 0) is 13.3 Å². The number of ether oxygens (including phenoxy) is 2. The van der Waals surface area contributed by atoms with E-state index in [2.05, 4.69) is 15.1 Å². The monoisotopic (exact) mass is 457 g/mol. The Hall–Kier alpha value is -2.34. The van der Waals surface area contributed by atoms with Crippen molar-refractivity contribution in [1.82, 2.24) is 18.8 Å². The predicted octanol–water partition coefficient (Wildman–Crippen LogP) is 1.62. The molecule has 0 spiro atoms. The molecule has 1 aliphatic rings. The van der Waals surface area contributed by atoms with E-state index in [9.17, 15) is 13.2 Å². The number of hydrogen-bond acceptors (Lipinski definition) is 6. The number of carbonyl (C=O) groups excluding carboxylic acids is 1. The average molecular weight is 458 g/mol. The Labute approximate surface area is 180 Å². The minimum Gasteiger partial charge on any atom is -0.495 e. The maximum absolute atomic E-state index is 13.1. The largest absolute Gasteiger partial charge is 0.495 e. The van der Waals surface area contributed by atoms with Gasteiger partial charge in [-0.2, -0.15) is 22.5 Å². The number of amides is 1. The van der Waals surface area contributed by atoms with Crippen LogP contribution in [0.3, 0.4) is 0 Å². The van der Waals surface area contributed by atoms with E-state index in [1.807, 2.05) is 6.92 Å². The molecule has 3 rings (SSSR count). The summed E-state index contributed by atoms with van der Waals surface area (Å²) < 4.78 is 41.1. The second-order valence-corrected chi connectivity index (χ2v) is 9.10. The fourth-order valence-electron chi connectivity index (χ4n) is 3.34. The highest BCUT2D eigenvalue weighted by Crippen LogP contribution is 2.37. The van der Waals surface area contributed by atoms with E-state index in [-0.39, 0.29) is 6.42 Å². The molecule has 1 saturated heterocycles. The van der Waals surface area contributed by atoms with E-state index in [0.717, 1.165) is 15.6 Å².